The summed E-state index contributed by atoms with van der Waals surface area (Å²) in [6.45, 7) is 0.794. The Balaban J connectivity index is 1.62. The Morgan fingerprint density at radius 1 is 1.43 bits per heavy atom. The number of para-hydroxylation sites is 1. The van der Waals surface area contributed by atoms with Crippen molar-refractivity contribution in [2.75, 3.05) is 25.0 Å². The molecule has 3 rings (SSSR count). The number of nitrogens with one attached hydrogen (secondary N) is 2. The predicted molar refractivity (Wildman–Crippen MR) is 84.9 cm³/mol. The maximum absolute atomic E-state index is 12.4. The molecule has 0 aliphatic carbocycles. The fourth-order valence-corrected chi connectivity index (χ4v) is 3.11. The van der Waals surface area contributed by atoms with Crippen LogP contribution in [0.3, 0.4) is 0 Å². The van der Waals surface area contributed by atoms with E-state index in [0.29, 0.717) is 42.3 Å². The third-order valence-electron chi connectivity index (χ3n) is 4.14. The van der Waals surface area contributed by atoms with Gasteiger partial charge in [-0.3, -0.25) is 14.8 Å². The normalized spacial score (nSPS) is 17.0. The molecule has 1 aliphatic rings. The number of hydrogen-bond donors (Lipinski definition) is 2. The number of hydrogen-bond acceptors (Lipinski definition) is 3. The number of aromatic nitrogens is 2. The van der Waals surface area contributed by atoms with Gasteiger partial charge in [0.2, 0.25) is 5.91 Å². The van der Waals surface area contributed by atoms with Crippen LogP contribution in [0.25, 0.3) is 10.9 Å². The van der Waals surface area contributed by atoms with Crippen molar-refractivity contribution in [2.45, 2.75) is 19.3 Å². The maximum atomic E-state index is 12.4. The molecule has 2 N–H and O–H groups in total. The molecule has 1 aliphatic heterocycles. The lowest BCUT2D eigenvalue weighted by Crippen LogP contribution is -2.40. The molecule has 0 atom stereocenters. The molecule has 23 heavy (non-hydrogen) atoms. The Kier molecular flexibility index (Phi) is 4.77. The lowest BCUT2D eigenvalue weighted by molar-refractivity contribution is -0.121. The number of carbonyl (C=O) groups is 1. The van der Waals surface area contributed by atoms with Crippen LogP contribution in [0.4, 0.5) is 14.6 Å². The predicted octanol–water partition coefficient (Wildman–Crippen LogP) is 3.13. The molecule has 1 aromatic carbocycles. The average molecular weight is 343 g/mol. The van der Waals surface area contributed by atoms with E-state index in [1.807, 2.05) is 6.07 Å². The first kappa shape index (κ1) is 16.1. The fourth-order valence-electron chi connectivity index (χ4n) is 2.89. The zero-order valence-corrected chi connectivity index (χ0v) is 13.1. The van der Waals surface area contributed by atoms with Crippen LogP contribution in [0.5, 0.6) is 0 Å². The quantitative estimate of drug-likeness (QED) is 0.897. The number of aromatic amines is 1. The van der Waals surface area contributed by atoms with Crippen LogP contribution in [-0.2, 0) is 4.79 Å². The van der Waals surface area contributed by atoms with Crippen LogP contribution < -0.4 is 5.32 Å². The Morgan fingerprint density at radius 2 is 2.17 bits per heavy atom. The van der Waals surface area contributed by atoms with E-state index in [1.54, 1.807) is 17.0 Å². The van der Waals surface area contributed by atoms with Crippen LogP contribution >= 0.6 is 11.6 Å². The van der Waals surface area contributed by atoms with E-state index in [2.05, 4.69) is 15.5 Å². The molecular formula is C15H17ClF2N4O. The first-order valence-corrected chi connectivity index (χ1v) is 7.86. The van der Waals surface area contributed by atoms with Crippen molar-refractivity contribution in [1.29, 1.82) is 0 Å². The van der Waals surface area contributed by atoms with Crippen molar-refractivity contribution in [3.05, 3.63) is 23.2 Å². The number of H-pyrrole nitrogens is 1. The minimum absolute atomic E-state index is 0.130. The van der Waals surface area contributed by atoms with E-state index < -0.39 is 6.43 Å². The van der Waals surface area contributed by atoms with Gasteiger partial charge in [-0.1, -0.05) is 17.7 Å². The lowest BCUT2D eigenvalue weighted by Gasteiger charge is -2.30. The minimum atomic E-state index is -2.33. The number of fused-ring (bicyclic) bond motifs is 1. The second-order valence-corrected chi connectivity index (χ2v) is 6.10. The van der Waals surface area contributed by atoms with Gasteiger partial charge in [-0.2, -0.15) is 5.10 Å². The Bertz CT molecular complexity index is 698. The molecular weight excluding hydrogens is 326 g/mol. The van der Waals surface area contributed by atoms with E-state index in [4.69, 9.17) is 11.6 Å². The summed E-state index contributed by atoms with van der Waals surface area (Å²) >= 11 is 6.06. The van der Waals surface area contributed by atoms with Crippen molar-refractivity contribution in [3.8, 4) is 0 Å². The maximum Gasteiger partial charge on any atom is 0.251 e. The third kappa shape index (κ3) is 3.61. The summed E-state index contributed by atoms with van der Waals surface area (Å²) in [5, 5.41) is 11.0. The molecule has 0 bridgehead atoms. The Hall–Kier alpha value is -1.73. The molecule has 5 nitrogen and oxygen atoms in total. The number of rotatable bonds is 4. The fraction of sp³-hybridized carbons (Fsp3) is 0.467. The van der Waals surface area contributed by atoms with Crippen molar-refractivity contribution < 1.29 is 13.6 Å². The average Bonchev–Trinajstić information content (AvgIpc) is 2.92. The summed E-state index contributed by atoms with van der Waals surface area (Å²) in [5.41, 5.74) is 0.677. The van der Waals surface area contributed by atoms with Crippen LogP contribution in [-0.4, -0.2) is 47.1 Å². The van der Waals surface area contributed by atoms with E-state index in [1.165, 1.54) is 0 Å². The Morgan fingerprint density at radius 3 is 2.87 bits per heavy atom. The van der Waals surface area contributed by atoms with Gasteiger partial charge >= 0.3 is 0 Å². The number of likely N-dealkylation sites (tertiary alicyclic amines) is 1. The van der Waals surface area contributed by atoms with Crippen LogP contribution in [0, 0.1) is 5.92 Å². The number of amides is 1. The molecule has 1 amide bonds. The number of carbonyl (C=O) groups excluding carboxylic acids is 1. The van der Waals surface area contributed by atoms with Gasteiger partial charge in [0.15, 0.2) is 5.82 Å². The minimum Gasteiger partial charge on any atom is -0.308 e. The third-order valence-corrected chi connectivity index (χ3v) is 4.46. The first-order valence-electron chi connectivity index (χ1n) is 7.48. The number of anilines is 1. The first-order chi connectivity index (χ1) is 11.0. The van der Waals surface area contributed by atoms with Crippen molar-refractivity contribution in [2.24, 2.45) is 5.92 Å². The zero-order valence-electron chi connectivity index (χ0n) is 12.4. The standard InChI is InChI=1S/C15H17ClF2N4O/c16-11-3-1-2-10-13(11)20-21-14(10)19-15(23)9-4-6-22(7-5-9)8-12(17)18/h1-3,9,12H,4-8H2,(H2,19,20,21,23). The van der Waals surface area contributed by atoms with Crippen molar-refractivity contribution >= 4 is 34.2 Å². The van der Waals surface area contributed by atoms with E-state index >= 15 is 0 Å². The number of alkyl halides is 2. The summed E-state index contributed by atoms with van der Waals surface area (Å²) in [6.07, 6.45) is -1.19. The summed E-state index contributed by atoms with van der Waals surface area (Å²) < 4.78 is 24.7. The number of nitrogens with zero attached hydrogens (tertiary/aromatic N) is 2. The summed E-state index contributed by atoms with van der Waals surface area (Å²) in [7, 11) is 0. The largest absolute Gasteiger partial charge is 0.308 e. The van der Waals surface area contributed by atoms with E-state index in [9.17, 15) is 13.6 Å². The van der Waals surface area contributed by atoms with Gasteiger partial charge in [0.25, 0.3) is 6.43 Å². The molecule has 2 heterocycles. The van der Waals surface area contributed by atoms with Crippen molar-refractivity contribution in [3.63, 3.8) is 0 Å². The van der Waals surface area contributed by atoms with Gasteiger partial charge in [0.1, 0.15) is 0 Å². The molecule has 0 spiro atoms. The van der Waals surface area contributed by atoms with Crippen LogP contribution in [0.15, 0.2) is 18.2 Å². The molecule has 2 aromatic rings. The topological polar surface area (TPSA) is 61.0 Å². The highest BCUT2D eigenvalue weighted by Crippen LogP contribution is 2.27. The summed E-state index contributed by atoms with van der Waals surface area (Å²) in [4.78, 5) is 14.1. The Labute approximate surface area is 137 Å². The molecule has 124 valence electrons. The van der Waals surface area contributed by atoms with E-state index in [0.717, 1.165) is 5.39 Å². The molecule has 1 saturated heterocycles. The smallest absolute Gasteiger partial charge is 0.251 e. The van der Waals surface area contributed by atoms with Gasteiger partial charge in [0, 0.05) is 11.3 Å². The van der Waals surface area contributed by atoms with E-state index in [-0.39, 0.29) is 18.4 Å². The van der Waals surface area contributed by atoms with Gasteiger partial charge < -0.3 is 5.32 Å². The summed E-state index contributed by atoms with van der Waals surface area (Å²) in [6, 6.07) is 5.36. The lowest BCUT2D eigenvalue weighted by atomic mass is 9.96. The highest BCUT2D eigenvalue weighted by molar-refractivity contribution is 6.35. The zero-order chi connectivity index (χ0) is 16.4. The SMILES string of the molecule is O=C(Nc1n[nH]c2c(Cl)cccc12)C1CCN(CC(F)F)CC1. The monoisotopic (exact) mass is 342 g/mol. The molecule has 0 saturated carbocycles. The molecule has 1 aromatic heterocycles. The van der Waals surface area contributed by atoms with Crippen LogP contribution in [0.2, 0.25) is 5.02 Å². The number of piperidine rings is 1. The van der Waals surface area contributed by atoms with Gasteiger partial charge in [-0.05, 0) is 38.1 Å². The second-order valence-electron chi connectivity index (χ2n) is 5.69. The molecule has 0 unspecified atom stereocenters. The van der Waals surface area contributed by atoms with Crippen LogP contribution in [0.1, 0.15) is 12.8 Å². The van der Waals surface area contributed by atoms with Gasteiger partial charge in [-0.25, -0.2) is 8.78 Å². The molecule has 1 fully saturated rings. The number of benzene rings is 1. The van der Waals surface area contributed by atoms with Gasteiger partial charge in [0.05, 0.1) is 17.1 Å². The summed E-state index contributed by atoms with van der Waals surface area (Å²) in [5.74, 6) is 0.132. The van der Waals surface area contributed by atoms with Crippen molar-refractivity contribution in [1.82, 2.24) is 15.1 Å². The molecule has 0 radical (unpaired) electrons. The highest BCUT2D eigenvalue weighted by atomic mass is 35.5. The second kappa shape index (κ2) is 6.80. The highest BCUT2D eigenvalue weighted by Gasteiger charge is 2.27. The molecule has 8 heteroatoms. The number of halogens is 3. The van der Waals surface area contributed by atoms with Gasteiger partial charge in [-0.15, -0.1) is 0 Å².